The Labute approximate surface area is 142 Å². The molecular formula is C18H23FN4O. The fraction of sp³-hybridized carbons (Fsp3) is 0.278. The molecule has 0 aliphatic heterocycles. The average Bonchev–Trinajstić information content (AvgIpc) is 2.55. The van der Waals surface area contributed by atoms with Crippen molar-refractivity contribution in [1.29, 1.82) is 0 Å². The SMILES string of the molecule is COc1ccc(NC(N)=NCc2ccc(CN(C)C)c(F)c2)cc1. The third-order valence-electron chi connectivity index (χ3n) is 3.40. The van der Waals surface area contributed by atoms with Crippen LogP contribution in [0.15, 0.2) is 47.5 Å². The third-order valence-corrected chi connectivity index (χ3v) is 3.40. The van der Waals surface area contributed by atoms with Gasteiger partial charge in [-0.1, -0.05) is 12.1 Å². The smallest absolute Gasteiger partial charge is 0.193 e. The average molecular weight is 330 g/mol. The predicted molar refractivity (Wildman–Crippen MR) is 95.7 cm³/mol. The van der Waals surface area contributed by atoms with E-state index >= 15 is 0 Å². The zero-order valence-electron chi connectivity index (χ0n) is 14.2. The van der Waals surface area contributed by atoms with Crippen molar-refractivity contribution in [1.82, 2.24) is 4.90 Å². The van der Waals surface area contributed by atoms with Gasteiger partial charge in [0.15, 0.2) is 5.96 Å². The highest BCUT2D eigenvalue weighted by atomic mass is 19.1. The van der Waals surface area contributed by atoms with Gasteiger partial charge in [0, 0.05) is 17.8 Å². The number of nitrogens with two attached hydrogens (primary N) is 1. The molecule has 0 unspecified atom stereocenters. The maximum Gasteiger partial charge on any atom is 0.193 e. The summed E-state index contributed by atoms with van der Waals surface area (Å²) >= 11 is 0. The van der Waals surface area contributed by atoms with E-state index in [-0.39, 0.29) is 11.8 Å². The summed E-state index contributed by atoms with van der Waals surface area (Å²) < 4.78 is 19.1. The lowest BCUT2D eigenvalue weighted by molar-refractivity contribution is 0.392. The van der Waals surface area contributed by atoms with Gasteiger partial charge in [-0.25, -0.2) is 9.38 Å². The lowest BCUT2D eigenvalue weighted by Crippen LogP contribution is -2.22. The van der Waals surface area contributed by atoms with Gasteiger partial charge in [0.2, 0.25) is 0 Å². The Morgan fingerprint density at radius 3 is 2.50 bits per heavy atom. The minimum atomic E-state index is -0.224. The van der Waals surface area contributed by atoms with Gasteiger partial charge in [0.1, 0.15) is 11.6 Å². The highest BCUT2D eigenvalue weighted by molar-refractivity contribution is 5.92. The molecule has 0 radical (unpaired) electrons. The van der Waals surface area contributed by atoms with E-state index in [1.165, 1.54) is 6.07 Å². The van der Waals surface area contributed by atoms with Crippen LogP contribution in [0.3, 0.4) is 0 Å². The maximum atomic E-state index is 14.0. The first-order valence-corrected chi connectivity index (χ1v) is 7.61. The van der Waals surface area contributed by atoms with Crippen LogP contribution in [0.2, 0.25) is 0 Å². The summed E-state index contributed by atoms with van der Waals surface area (Å²) in [7, 11) is 5.42. The zero-order valence-corrected chi connectivity index (χ0v) is 14.2. The Morgan fingerprint density at radius 1 is 1.21 bits per heavy atom. The molecule has 0 saturated heterocycles. The van der Waals surface area contributed by atoms with E-state index in [4.69, 9.17) is 10.5 Å². The van der Waals surface area contributed by atoms with Crippen molar-refractivity contribution in [3.8, 4) is 5.75 Å². The quantitative estimate of drug-likeness (QED) is 0.631. The number of nitrogens with one attached hydrogen (secondary N) is 1. The van der Waals surface area contributed by atoms with Gasteiger partial charge in [-0.3, -0.25) is 0 Å². The molecule has 0 spiro atoms. The molecule has 5 nitrogen and oxygen atoms in total. The van der Waals surface area contributed by atoms with Crippen LogP contribution in [-0.2, 0) is 13.1 Å². The molecule has 0 aliphatic carbocycles. The highest BCUT2D eigenvalue weighted by Gasteiger charge is 2.05. The fourth-order valence-electron chi connectivity index (χ4n) is 2.20. The van der Waals surface area contributed by atoms with Crippen LogP contribution in [-0.4, -0.2) is 32.1 Å². The number of hydrogen-bond donors (Lipinski definition) is 2. The number of aliphatic imine (C=N–C) groups is 1. The minimum Gasteiger partial charge on any atom is -0.497 e. The van der Waals surface area contributed by atoms with Crippen molar-refractivity contribution in [3.63, 3.8) is 0 Å². The van der Waals surface area contributed by atoms with Gasteiger partial charge < -0.3 is 20.7 Å². The number of guanidine groups is 1. The second-order valence-electron chi connectivity index (χ2n) is 5.72. The van der Waals surface area contributed by atoms with Gasteiger partial charge in [-0.05, 0) is 50.0 Å². The molecule has 0 fully saturated rings. The van der Waals surface area contributed by atoms with Crippen LogP contribution in [0.4, 0.5) is 10.1 Å². The monoisotopic (exact) mass is 330 g/mol. The Balaban J connectivity index is 1.97. The topological polar surface area (TPSA) is 62.9 Å². The number of halogens is 1. The number of rotatable bonds is 6. The summed E-state index contributed by atoms with van der Waals surface area (Å²) in [6.45, 7) is 0.880. The van der Waals surface area contributed by atoms with E-state index in [1.807, 2.05) is 49.3 Å². The highest BCUT2D eigenvalue weighted by Crippen LogP contribution is 2.15. The molecule has 0 aliphatic rings. The van der Waals surface area contributed by atoms with Crippen LogP contribution in [0, 0.1) is 5.82 Å². The Morgan fingerprint density at radius 2 is 1.92 bits per heavy atom. The lowest BCUT2D eigenvalue weighted by atomic mass is 10.1. The Kier molecular flexibility index (Phi) is 6.14. The predicted octanol–water partition coefficient (Wildman–Crippen LogP) is 2.82. The van der Waals surface area contributed by atoms with Crippen molar-refractivity contribution >= 4 is 11.6 Å². The van der Waals surface area contributed by atoms with Gasteiger partial charge in [-0.15, -0.1) is 0 Å². The van der Waals surface area contributed by atoms with E-state index in [0.29, 0.717) is 18.7 Å². The first kappa shape index (κ1) is 17.7. The Hall–Kier alpha value is -2.60. The zero-order chi connectivity index (χ0) is 17.5. The Bertz CT molecular complexity index is 699. The first-order chi connectivity index (χ1) is 11.5. The van der Waals surface area contributed by atoms with Crippen molar-refractivity contribution in [2.45, 2.75) is 13.1 Å². The van der Waals surface area contributed by atoms with E-state index in [9.17, 15) is 4.39 Å². The molecule has 0 bridgehead atoms. The molecule has 0 amide bonds. The van der Waals surface area contributed by atoms with Crippen molar-refractivity contribution in [2.24, 2.45) is 10.7 Å². The third kappa shape index (κ3) is 5.24. The number of ether oxygens (including phenoxy) is 1. The standard InChI is InChI=1S/C18H23FN4O/c1-23(2)12-14-5-4-13(10-17(14)19)11-21-18(20)22-15-6-8-16(24-3)9-7-15/h4-10H,11-12H2,1-3H3,(H3,20,21,22). The van der Waals surface area contributed by atoms with Crippen molar-refractivity contribution in [2.75, 3.05) is 26.5 Å². The van der Waals surface area contributed by atoms with Crippen LogP contribution in [0.1, 0.15) is 11.1 Å². The first-order valence-electron chi connectivity index (χ1n) is 7.61. The van der Waals surface area contributed by atoms with Gasteiger partial charge in [0.05, 0.1) is 13.7 Å². The normalized spacial score (nSPS) is 11.6. The number of hydrogen-bond acceptors (Lipinski definition) is 3. The van der Waals surface area contributed by atoms with E-state index in [0.717, 1.165) is 17.0 Å². The molecule has 24 heavy (non-hydrogen) atoms. The lowest BCUT2D eigenvalue weighted by Gasteiger charge is -2.11. The number of anilines is 1. The number of benzene rings is 2. The molecule has 6 heteroatoms. The molecular weight excluding hydrogens is 307 g/mol. The van der Waals surface area contributed by atoms with Crippen LogP contribution in [0.25, 0.3) is 0 Å². The van der Waals surface area contributed by atoms with Crippen LogP contribution >= 0.6 is 0 Å². The molecule has 2 aromatic carbocycles. The van der Waals surface area contributed by atoms with E-state index < -0.39 is 0 Å². The summed E-state index contributed by atoms with van der Waals surface area (Å²) in [6.07, 6.45) is 0. The van der Waals surface area contributed by atoms with E-state index in [1.54, 1.807) is 13.2 Å². The molecule has 2 aromatic rings. The van der Waals surface area contributed by atoms with Crippen LogP contribution in [0.5, 0.6) is 5.75 Å². The molecule has 128 valence electrons. The van der Waals surface area contributed by atoms with Crippen LogP contribution < -0.4 is 15.8 Å². The summed E-state index contributed by atoms with van der Waals surface area (Å²) in [5.41, 5.74) is 8.11. The van der Waals surface area contributed by atoms with Gasteiger partial charge in [0.25, 0.3) is 0 Å². The van der Waals surface area contributed by atoms with Gasteiger partial charge in [-0.2, -0.15) is 0 Å². The second-order valence-corrected chi connectivity index (χ2v) is 5.72. The van der Waals surface area contributed by atoms with Crippen molar-refractivity contribution in [3.05, 3.63) is 59.4 Å². The summed E-state index contributed by atoms with van der Waals surface area (Å²) in [4.78, 5) is 6.16. The number of methoxy groups -OCH3 is 1. The van der Waals surface area contributed by atoms with Crippen molar-refractivity contribution < 1.29 is 9.13 Å². The second kappa shape index (κ2) is 8.31. The largest absolute Gasteiger partial charge is 0.497 e. The summed E-state index contributed by atoms with van der Waals surface area (Å²) in [5, 5.41) is 2.99. The summed E-state index contributed by atoms with van der Waals surface area (Å²) in [5.74, 6) is 0.820. The summed E-state index contributed by atoms with van der Waals surface area (Å²) in [6, 6.07) is 12.5. The molecule has 0 aromatic heterocycles. The molecule has 0 heterocycles. The molecule has 3 N–H and O–H groups in total. The molecule has 0 saturated carbocycles. The minimum absolute atomic E-state index is 0.224. The number of nitrogens with zero attached hydrogens (tertiary/aromatic N) is 2. The van der Waals surface area contributed by atoms with Gasteiger partial charge >= 0.3 is 0 Å². The fourth-order valence-corrected chi connectivity index (χ4v) is 2.20. The maximum absolute atomic E-state index is 14.0. The van der Waals surface area contributed by atoms with E-state index in [2.05, 4.69) is 10.3 Å². The molecule has 0 atom stereocenters. The molecule has 2 rings (SSSR count).